The Balaban J connectivity index is 0.00000140. The van der Waals surface area contributed by atoms with Crippen LogP contribution in [-0.2, 0) is 52.0 Å². The monoisotopic (exact) mass is 2150 g/mol. The summed E-state index contributed by atoms with van der Waals surface area (Å²) in [4.78, 5) is 116. The standard InChI is InChI=1S/2C16H12BrFN2O2.C15H11BrFN3O2.C10H8BrFO3.2C6H7BrN2.C5H5BrN2.CH3ClO2S.2CO2.CH4.Li.H2O/c2*1-9-7-13-19-14(10-3-5-11(18)6-4-10)15(16(21)22-2)20(13)8-12(9)17;1-22-15(21)14-13(8-2-4-9(17)5-3-8)19-12-6-11(18)10(16)7-20(12)14;1-15-10(14)8(11)9(13)6-2-4-7(12)5-3-6;2*1-4-2-6(8)9-3-5(4)7;6-4-1-2-5(7)8-3-4;1-5(2,3)4;2*2-1-3;;;/h2*3-8H,1-2H3;2-7H,18H2,1H3;2-5,8H,1H3;2*2-3H,1H3,(H2,8,9);1-3H,(H2,7,8);1H3;;;1H4;;1H2/q;;;;;;;;;;;+1;. The molecule has 0 aliphatic carbocycles. The smallest absolute Gasteiger partial charge is 0.870 e. The van der Waals surface area contributed by atoms with Crippen LogP contribution in [0.5, 0.6) is 0 Å². The van der Waals surface area contributed by atoms with E-state index in [2.05, 4.69) is 157 Å². The number of ether oxygens (including phenoxy) is 4. The van der Waals surface area contributed by atoms with Crippen LogP contribution in [0.3, 0.4) is 0 Å². The van der Waals surface area contributed by atoms with Crippen molar-refractivity contribution in [1.82, 2.24) is 43.1 Å². The van der Waals surface area contributed by atoms with Gasteiger partial charge in [0.15, 0.2) is 27.7 Å². The SMILES string of the molecule is C.COC(=O)C(Br)C(=O)c1ccc(F)cc1.COC(=O)c1c(-c2ccc(F)cc2)nc2cc(C)c(Br)cn12.COC(=O)c1c(-c2ccc(F)cc2)nc2cc(C)c(Br)cn12.COC(=O)c1c(-c2ccc(F)cc2)nc2cc(N)c(Br)cn12.CS(=O)(=O)Cl.Cc1cc(N)ncc1Br.Cc1cc(N)ncc1Br.Nc1ccc(Br)cn1.O=C=O.O=C=O.[H+].[Li+].[OH-]. The minimum Gasteiger partial charge on any atom is -0.870 e. The van der Waals surface area contributed by atoms with Crippen LogP contribution < -0.4 is 41.8 Å². The normalized spacial score (nSPS) is 10.1. The first-order chi connectivity index (χ1) is 55.6. The predicted octanol–water partition coefficient (Wildman–Crippen LogP) is 14.7. The number of alkyl halides is 1. The number of imidazole rings is 3. The number of nitrogen functional groups attached to an aromatic ring is 4. The molecule has 0 fully saturated rings. The Morgan fingerprint density at radius 2 is 0.736 bits per heavy atom. The molecule has 13 rings (SSSR count). The molecule has 0 saturated heterocycles. The number of ketones is 1. The minimum absolute atomic E-state index is 0. The fourth-order valence-corrected chi connectivity index (χ4v) is 11.3. The van der Waals surface area contributed by atoms with Crippen LogP contribution in [0.15, 0.2) is 204 Å². The van der Waals surface area contributed by atoms with Crippen molar-refractivity contribution >= 4 is 213 Å². The van der Waals surface area contributed by atoms with Gasteiger partial charge in [0.2, 0.25) is 9.05 Å². The van der Waals surface area contributed by atoms with E-state index in [9.17, 15) is 50.0 Å². The van der Waals surface area contributed by atoms with Crippen molar-refractivity contribution in [3.05, 3.63) is 272 Å². The van der Waals surface area contributed by atoms with E-state index in [0.717, 1.165) is 63.0 Å². The van der Waals surface area contributed by atoms with Gasteiger partial charge in [-0.3, -0.25) is 22.8 Å². The second-order valence-corrected chi connectivity index (χ2v) is 32.2. The second kappa shape index (κ2) is 52.9. The van der Waals surface area contributed by atoms with E-state index >= 15 is 0 Å². The summed E-state index contributed by atoms with van der Waals surface area (Å²) in [6, 6.07) is 35.0. The van der Waals surface area contributed by atoms with E-state index in [4.69, 9.17) is 56.3 Å². The van der Waals surface area contributed by atoms with E-state index in [-0.39, 0.29) is 74.2 Å². The van der Waals surface area contributed by atoms with Gasteiger partial charge in [-0.05, 0) is 279 Å². The number of esters is 4. The number of nitrogens with zero attached hydrogens (tertiary/aromatic N) is 9. The van der Waals surface area contributed by atoms with Gasteiger partial charge in [-0.2, -0.15) is 19.2 Å². The third kappa shape index (κ3) is 34.0. The fourth-order valence-electron chi connectivity index (χ4n) is 9.18. The molecule has 9 heterocycles. The summed E-state index contributed by atoms with van der Waals surface area (Å²) in [5, 5.41) is 0. The number of nitrogens with two attached hydrogens (primary N) is 4. The van der Waals surface area contributed by atoms with Crippen LogP contribution in [0, 0.1) is 51.0 Å². The summed E-state index contributed by atoms with van der Waals surface area (Å²) >= 11 is 23.0. The number of hydrogen-bond donors (Lipinski definition) is 4. The molecule has 9 N–H and O–H groups in total. The first kappa shape index (κ1) is 109. The molecular weight excluding hydrogens is 2080 g/mol. The number of aromatic nitrogens is 9. The number of methoxy groups -OCH3 is 4. The molecule has 4 aromatic carbocycles. The molecule has 9 aromatic heterocycles. The number of carbonyl (C=O) groups is 5. The maximum atomic E-state index is 13.1. The van der Waals surface area contributed by atoms with Crippen LogP contribution in [0.1, 0.15) is 72.9 Å². The van der Waals surface area contributed by atoms with Crippen molar-refractivity contribution in [3.63, 3.8) is 0 Å². The molecule has 121 heavy (non-hydrogen) atoms. The van der Waals surface area contributed by atoms with Crippen LogP contribution in [-0.4, -0.2) is 138 Å². The Labute approximate surface area is 766 Å². The van der Waals surface area contributed by atoms with E-state index < -0.39 is 49.4 Å². The van der Waals surface area contributed by atoms with E-state index in [0.29, 0.717) is 89.7 Å². The molecule has 0 aliphatic heterocycles. The summed E-state index contributed by atoms with van der Waals surface area (Å²) in [6.45, 7) is 7.83. The van der Waals surface area contributed by atoms with E-state index in [1.165, 1.54) is 77.0 Å². The number of aryl methyl sites for hydroxylation is 4. The molecule has 0 radical (unpaired) electrons. The summed E-state index contributed by atoms with van der Waals surface area (Å²) < 4.78 is 99.9. The molecular formula is C78H71Br7ClF4LiN13O16S+. The topological polar surface area (TPSA) is 449 Å². The molecule has 43 heteroatoms. The van der Waals surface area contributed by atoms with Crippen molar-refractivity contribution in [1.29, 1.82) is 0 Å². The maximum absolute atomic E-state index is 13.1. The van der Waals surface area contributed by atoms with E-state index in [1.54, 1.807) is 98.9 Å². The molecule has 0 saturated carbocycles. The van der Waals surface area contributed by atoms with Crippen molar-refractivity contribution in [3.8, 4) is 33.8 Å². The zero-order valence-corrected chi connectivity index (χ0v) is 76.8. The number of halogens is 12. The molecule has 0 spiro atoms. The zero-order valence-electron chi connectivity index (χ0n) is 65.2. The van der Waals surface area contributed by atoms with Gasteiger partial charge in [0.05, 0.1) is 44.9 Å². The zero-order chi connectivity index (χ0) is 88.6. The minimum atomic E-state index is -3.19. The quantitative estimate of drug-likeness (QED) is 0.0152. The number of rotatable bonds is 9. The molecule has 634 valence electrons. The van der Waals surface area contributed by atoms with Crippen molar-refractivity contribution in [2.45, 2.75) is 39.9 Å². The average molecular weight is 2160 g/mol. The van der Waals surface area contributed by atoms with Crippen molar-refractivity contribution in [2.24, 2.45) is 0 Å². The number of Topliss-reactive ketones (excluding diaryl/α,β-unsaturated/α-hetero) is 1. The predicted molar refractivity (Wildman–Crippen MR) is 467 cm³/mol. The number of carbonyl (C=O) groups excluding carboxylic acids is 9. The fraction of sp³-hybridized carbons (Fsp3) is 0.141. The third-order valence-electron chi connectivity index (χ3n) is 14.7. The molecule has 13 aromatic rings. The number of anilines is 4. The van der Waals surface area contributed by atoms with Crippen LogP contribution in [0.25, 0.3) is 50.7 Å². The summed E-state index contributed by atoms with van der Waals surface area (Å²) in [6.07, 6.45) is 11.7. The molecule has 1 unspecified atom stereocenters. The van der Waals surface area contributed by atoms with Crippen LogP contribution in [0.2, 0.25) is 0 Å². The Morgan fingerprint density at radius 1 is 0.455 bits per heavy atom. The van der Waals surface area contributed by atoms with Crippen molar-refractivity contribution < 1.29 is 114 Å². The average Bonchev–Trinajstić information content (AvgIpc) is 1.63. The molecule has 1 atom stereocenters. The molecule has 0 bridgehead atoms. The van der Waals surface area contributed by atoms with Gasteiger partial charge < -0.3 is 47.4 Å². The first-order valence-electron chi connectivity index (χ1n) is 32.5. The Hall–Kier alpha value is -10.2. The molecule has 0 amide bonds. The van der Waals surface area contributed by atoms with E-state index in [1.807, 2.05) is 58.0 Å². The Morgan fingerprint density at radius 3 is 1.00 bits per heavy atom. The van der Waals surface area contributed by atoms with Gasteiger partial charge in [0, 0.05) is 98.5 Å². The molecule has 0 aliphatic rings. The number of pyridine rings is 6. The summed E-state index contributed by atoms with van der Waals surface area (Å²) in [5.74, 6) is -2.47. The maximum Gasteiger partial charge on any atom is 1.00 e. The van der Waals surface area contributed by atoms with Crippen LogP contribution in [0.4, 0.5) is 40.7 Å². The van der Waals surface area contributed by atoms with Gasteiger partial charge in [0.1, 0.15) is 74.7 Å². The van der Waals surface area contributed by atoms with Gasteiger partial charge >= 0.3 is 56.5 Å². The van der Waals surface area contributed by atoms with Gasteiger partial charge in [0.25, 0.3) is 0 Å². The summed E-state index contributed by atoms with van der Waals surface area (Å²) in [5.41, 5.74) is 32.8. The third-order valence-corrected chi connectivity index (χ3v) is 19.9. The van der Waals surface area contributed by atoms with Gasteiger partial charge in [-0.1, -0.05) is 23.4 Å². The first-order valence-corrected chi connectivity index (χ1v) is 40.9. The Kier molecular flexibility index (Phi) is 47.5. The Bertz CT molecular complexity index is 5460. The van der Waals surface area contributed by atoms with Gasteiger partial charge in [-0.15, -0.1) is 0 Å². The number of hydrogen-bond acceptors (Lipinski definition) is 26. The second-order valence-electron chi connectivity index (χ2n) is 23.0. The summed E-state index contributed by atoms with van der Waals surface area (Å²) in [7, 11) is 6.43. The number of fused-ring (bicyclic) bond motifs is 3. The van der Waals surface area contributed by atoms with Gasteiger partial charge in [-0.25, -0.2) is 70.3 Å². The van der Waals surface area contributed by atoms with Crippen molar-refractivity contribution in [2.75, 3.05) is 57.6 Å². The molecule has 29 nitrogen and oxygen atoms in total. The largest absolute Gasteiger partial charge is 1.00 e. The number of benzene rings is 4. The van der Waals surface area contributed by atoms with Crippen LogP contribution >= 0.6 is 122 Å².